The molecule has 0 N–H and O–H groups in total. The predicted molar refractivity (Wildman–Crippen MR) is 307 cm³/mol. The highest BCUT2D eigenvalue weighted by Crippen LogP contribution is 2.14. The minimum Gasteiger partial charge on any atom is -0.462 e. The molecule has 71 heavy (non-hydrogen) atoms. The van der Waals surface area contributed by atoms with Crippen LogP contribution in [0, 0.1) is 0 Å². The highest BCUT2D eigenvalue weighted by Gasteiger charge is 2.19. The third kappa shape index (κ3) is 56.9. The zero-order valence-electron chi connectivity index (χ0n) is 46.2. The van der Waals surface area contributed by atoms with Gasteiger partial charge in [0.25, 0.3) is 0 Å². The Morgan fingerprint density at radius 1 is 0.282 bits per heavy atom. The van der Waals surface area contributed by atoms with Crippen LogP contribution in [0.3, 0.4) is 0 Å². The lowest BCUT2D eigenvalue weighted by Gasteiger charge is -2.18. The van der Waals surface area contributed by atoms with Crippen molar-refractivity contribution in [3.05, 3.63) is 109 Å². The monoisotopic (exact) mass is 985 g/mol. The van der Waals surface area contributed by atoms with Crippen LogP contribution in [0.1, 0.15) is 265 Å². The normalized spacial score (nSPS) is 12.9. The van der Waals surface area contributed by atoms with Crippen molar-refractivity contribution in [2.75, 3.05) is 13.2 Å². The fraction of sp³-hybridized carbons (Fsp3) is 0.677. The van der Waals surface area contributed by atoms with Crippen LogP contribution in [-0.2, 0) is 28.6 Å². The van der Waals surface area contributed by atoms with Crippen LogP contribution in [0.15, 0.2) is 109 Å². The van der Waals surface area contributed by atoms with Crippen molar-refractivity contribution in [3.63, 3.8) is 0 Å². The number of unbranched alkanes of at least 4 members (excludes halogenated alkanes) is 23. The van der Waals surface area contributed by atoms with Crippen LogP contribution < -0.4 is 0 Å². The van der Waals surface area contributed by atoms with Crippen molar-refractivity contribution in [1.82, 2.24) is 0 Å². The minimum absolute atomic E-state index is 0.120. The number of allylic oxidation sites excluding steroid dienone is 18. The standard InChI is InChI=1S/C65H108O6/c1-4-7-10-13-16-19-22-25-28-31-32-35-37-40-43-46-49-52-55-58-64(67)70-61-62(71-65(68)59-56-53-50-47-44-41-38-34-30-27-24-21-18-15-12-9-6-3)60-69-63(66)57-54-51-48-45-42-39-36-33-29-26-23-20-17-14-11-8-5-2/h17-18,20-21,26-27,29-32,36,38-39,41,45,47-48,50,62H,4-16,19,22-25,28,33-35,37,40,42-44,46,49,51-61H2,1-3H3/b20-17-,21-18-,29-26-,30-27-,32-31-,39-36-,41-38-,48-45-,50-47-/t62-/m1/s1. The Kier molecular flexibility index (Phi) is 55.4. The third-order valence-electron chi connectivity index (χ3n) is 12.2. The Morgan fingerprint density at radius 3 is 0.887 bits per heavy atom. The van der Waals surface area contributed by atoms with E-state index in [9.17, 15) is 14.4 Å². The van der Waals surface area contributed by atoms with Crippen molar-refractivity contribution in [3.8, 4) is 0 Å². The molecule has 0 aliphatic rings. The van der Waals surface area contributed by atoms with Crippen molar-refractivity contribution < 1.29 is 28.6 Å². The first-order valence-electron chi connectivity index (χ1n) is 29.4. The van der Waals surface area contributed by atoms with Gasteiger partial charge in [0.1, 0.15) is 13.2 Å². The van der Waals surface area contributed by atoms with Crippen molar-refractivity contribution in [1.29, 1.82) is 0 Å². The summed E-state index contributed by atoms with van der Waals surface area (Å²) in [5.74, 6) is -1.04. The van der Waals surface area contributed by atoms with E-state index in [1.54, 1.807) is 0 Å². The number of carbonyl (C=O) groups is 3. The molecule has 0 aliphatic heterocycles. The van der Waals surface area contributed by atoms with Crippen LogP contribution >= 0.6 is 0 Å². The summed E-state index contributed by atoms with van der Waals surface area (Å²) in [7, 11) is 0. The maximum absolute atomic E-state index is 12.8. The summed E-state index contributed by atoms with van der Waals surface area (Å²) in [6, 6.07) is 0. The summed E-state index contributed by atoms with van der Waals surface area (Å²) in [6.45, 7) is 6.49. The highest BCUT2D eigenvalue weighted by molar-refractivity contribution is 5.71. The van der Waals surface area contributed by atoms with Gasteiger partial charge in [-0.3, -0.25) is 14.4 Å². The van der Waals surface area contributed by atoms with Crippen molar-refractivity contribution in [2.24, 2.45) is 0 Å². The van der Waals surface area contributed by atoms with Crippen LogP contribution in [0.4, 0.5) is 0 Å². The summed E-state index contributed by atoms with van der Waals surface area (Å²) in [5, 5.41) is 0. The van der Waals surface area contributed by atoms with Gasteiger partial charge in [-0.25, -0.2) is 0 Å². The topological polar surface area (TPSA) is 78.9 Å². The van der Waals surface area contributed by atoms with Gasteiger partial charge < -0.3 is 14.2 Å². The van der Waals surface area contributed by atoms with E-state index in [-0.39, 0.29) is 44.0 Å². The average molecular weight is 986 g/mol. The quantitative estimate of drug-likeness (QED) is 0.0261. The zero-order chi connectivity index (χ0) is 51.4. The number of hydrogen-bond donors (Lipinski definition) is 0. The molecule has 0 unspecified atom stereocenters. The van der Waals surface area contributed by atoms with Crippen LogP contribution in [0.2, 0.25) is 0 Å². The first-order chi connectivity index (χ1) is 35.0. The van der Waals surface area contributed by atoms with Crippen molar-refractivity contribution in [2.45, 2.75) is 271 Å². The van der Waals surface area contributed by atoms with Crippen molar-refractivity contribution >= 4 is 17.9 Å². The molecule has 0 aliphatic carbocycles. The van der Waals surface area contributed by atoms with E-state index in [1.807, 2.05) is 0 Å². The molecule has 0 saturated heterocycles. The second-order valence-corrected chi connectivity index (χ2v) is 19.2. The molecule has 404 valence electrons. The number of carbonyl (C=O) groups excluding carboxylic acids is 3. The largest absolute Gasteiger partial charge is 0.462 e. The number of ether oxygens (including phenoxy) is 3. The van der Waals surface area contributed by atoms with Gasteiger partial charge in [-0.2, -0.15) is 0 Å². The molecular formula is C65H108O6. The highest BCUT2D eigenvalue weighted by atomic mass is 16.6. The maximum Gasteiger partial charge on any atom is 0.306 e. The Morgan fingerprint density at radius 2 is 0.521 bits per heavy atom. The van der Waals surface area contributed by atoms with Gasteiger partial charge in [0.05, 0.1) is 0 Å². The van der Waals surface area contributed by atoms with E-state index in [0.29, 0.717) is 19.3 Å². The number of hydrogen-bond acceptors (Lipinski definition) is 6. The van der Waals surface area contributed by atoms with E-state index in [1.165, 1.54) is 141 Å². The molecule has 0 aromatic rings. The first-order valence-corrected chi connectivity index (χ1v) is 29.4. The van der Waals surface area contributed by atoms with Gasteiger partial charge in [-0.05, 0) is 122 Å². The van der Waals surface area contributed by atoms with Gasteiger partial charge in [0.2, 0.25) is 0 Å². The van der Waals surface area contributed by atoms with E-state index >= 15 is 0 Å². The molecule has 0 amide bonds. The minimum atomic E-state index is -0.833. The second kappa shape index (κ2) is 58.6. The average Bonchev–Trinajstić information content (AvgIpc) is 3.37. The summed E-state index contributed by atoms with van der Waals surface area (Å²) >= 11 is 0. The van der Waals surface area contributed by atoms with Gasteiger partial charge in [0, 0.05) is 19.3 Å². The summed E-state index contributed by atoms with van der Waals surface area (Å²) in [5.41, 5.74) is 0. The molecule has 0 bridgehead atoms. The van der Waals surface area contributed by atoms with Gasteiger partial charge in [0.15, 0.2) is 6.10 Å². The number of esters is 3. The SMILES string of the molecule is CCCCC/C=C\C/C=C\C/C=C\C/C=C\CCCC(=O)OC[C@H](COC(=O)CCCCCCCCC/C=C\CCCCCCCCCC)OC(=O)CCC/C=C\C/C=C\C/C=C\C/C=C\CCCCC. The van der Waals surface area contributed by atoms with Crippen LogP contribution in [0.5, 0.6) is 0 Å². The Labute approximate surface area is 438 Å². The van der Waals surface area contributed by atoms with Gasteiger partial charge in [-0.1, -0.05) is 233 Å². The summed E-state index contributed by atoms with van der Waals surface area (Å²) < 4.78 is 16.8. The third-order valence-corrected chi connectivity index (χ3v) is 12.2. The lowest BCUT2D eigenvalue weighted by atomic mass is 10.1. The fourth-order valence-electron chi connectivity index (χ4n) is 7.77. The zero-order valence-corrected chi connectivity index (χ0v) is 46.2. The van der Waals surface area contributed by atoms with E-state index in [0.717, 1.165) is 70.6 Å². The molecule has 6 heteroatoms. The molecule has 0 aromatic carbocycles. The van der Waals surface area contributed by atoms with E-state index in [4.69, 9.17) is 14.2 Å². The smallest absolute Gasteiger partial charge is 0.306 e. The number of rotatable bonds is 52. The Balaban J connectivity index is 4.55. The molecule has 0 heterocycles. The maximum atomic E-state index is 12.8. The second-order valence-electron chi connectivity index (χ2n) is 19.2. The predicted octanol–water partition coefficient (Wildman–Crippen LogP) is 19.9. The van der Waals surface area contributed by atoms with E-state index in [2.05, 4.69) is 130 Å². The van der Waals surface area contributed by atoms with Crippen LogP contribution in [0.25, 0.3) is 0 Å². The van der Waals surface area contributed by atoms with Crippen LogP contribution in [-0.4, -0.2) is 37.2 Å². The molecule has 6 nitrogen and oxygen atoms in total. The lowest BCUT2D eigenvalue weighted by molar-refractivity contribution is -0.167. The molecule has 0 saturated carbocycles. The van der Waals surface area contributed by atoms with Gasteiger partial charge in [-0.15, -0.1) is 0 Å². The fourth-order valence-corrected chi connectivity index (χ4v) is 7.77. The molecule has 1 atom stereocenters. The summed E-state index contributed by atoms with van der Waals surface area (Å²) in [6.07, 6.45) is 79.5. The molecule has 0 fully saturated rings. The molecule has 0 aromatic heterocycles. The Hall–Kier alpha value is -3.93. The first kappa shape index (κ1) is 67.1. The Bertz CT molecular complexity index is 1460. The molecular weight excluding hydrogens is 877 g/mol. The van der Waals surface area contributed by atoms with E-state index < -0.39 is 6.10 Å². The lowest BCUT2D eigenvalue weighted by Crippen LogP contribution is -2.30. The molecule has 0 radical (unpaired) electrons. The molecule has 0 spiro atoms. The molecule has 0 rings (SSSR count). The summed E-state index contributed by atoms with van der Waals surface area (Å²) in [4.78, 5) is 38.2. The van der Waals surface area contributed by atoms with Gasteiger partial charge >= 0.3 is 17.9 Å².